The van der Waals surface area contributed by atoms with E-state index in [0.29, 0.717) is 16.5 Å². The Kier molecular flexibility index (Phi) is 2.34. The molecule has 1 fully saturated rings. The lowest BCUT2D eigenvalue weighted by atomic mass is 10.1. The predicted molar refractivity (Wildman–Crippen MR) is 59.6 cm³/mol. The average molecular weight is 207 g/mol. The minimum atomic E-state index is 0.599. The molecule has 0 aliphatic heterocycles. The Morgan fingerprint density at radius 1 is 1.64 bits per heavy atom. The highest BCUT2D eigenvalue weighted by Crippen LogP contribution is 2.50. The highest BCUT2D eigenvalue weighted by Gasteiger charge is 2.31. The van der Waals surface area contributed by atoms with E-state index in [9.17, 15) is 0 Å². The molecule has 0 saturated heterocycles. The maximum absolute atomic E-state index is 8.88. The Balaban J connectivity index is 2.42. The monoisotopic (exact) mass is 207 g/mol. The van der Waals surface area contributed by atoms with Gasteiger partial charge in [0.2, 0.25) is 0 Å². The van der Waals surface area contributed by atoms with E-state index < -0.39 is 0 Å². The van der Waals surface area contributed by atoms with Crippen molar-refractivity contribution in [2.75, 3.05) is 17.6 Å². The number of thiophene rings is 1. The lowest BCUT2D eigenvalue weighted by molar-refractivity contribution is 1.13. The molecular formula is C10H13N3S. The van der Waals surface area contributed by atoms with E-state index in [0.717, 1.165) is 11.5 Å². The minimum Gasteiger partial charge on any atom is -0.397 e. The SMILES string of the molecule is CCNc1sc(C#N)c(N)c1C1CC1. The van der Waals surface area contributed by atoms with Crippen molar-refractivity contribution in [3.05, 3.63) is 10.4 Å². The van der Waals surface area contributed by atoms with E-state index in [4.69, 9.17) is 11.0 Å². The van der Waals surface area contributed by atoms with Crippen LogP contribution in [0, 0.1) is 11.3 Å². The molecule has 1 saturated carbocycles. The van der Waals surface area contributed by atoms with Crippen molar-refractivity contribution < 1.29 is 0 Å². The van der Waals surface area contributed by atoms with Gasteiger partial charge in [-0.2, -0.15) is 5.26 Å². The van der Waals surface area contributed by atoms with Crippen LogP contribution in [-0.2, 0) is 0 Å². The number of nitrogen functional groups attached to an aromatic ring is 1. The van der Waals surface area contributed by atoms with Crippen molar-refractivity contribution >= 4 is 22.0 Å². The van der Waals surface area contributed by atoms with Crippen LogP contribution in [0.2, 0.25) is 0 Å². The van der Waals surface area contributed by atoms with Gasteiger partial charge in [0, 0.05) is 12.1 Å². The van der Waals surface area contributed by atoms with Crippen LogP contribution in [-0.4, -0.2) is 6.54 Å². The van der Waals surface area contributed by atoms with E-state index in [-0.39, 0.29) is 0 Å². The molecule has 14 heavy (non-hydrogen) atoms. The van der Waals surface area contributed by atoms with Gasteiger partial charge in [-0.3, -0.25) is 0 Å². The zero-order chi connectivity index (χ0) is 10.1. The minimum absolute atomic E-state index is 0.599. The smallest absolute Gasteiger partial charge is 0.130 e. The molecule has 1 heterocycles. The maximum Gasteiger partial charge on any atom is 0.130 e. The predicted octanol–water partition coefficient (Wildman–Crippen LogP) is 2.51. The molecule has 3 N–H and O–H groups in total. The van der Waals surface area contributed by atoms with Gasteiger partial charge in [-0.1, -0.05) is 0 Å². The number of rotatable bonds is 3. The quantitative estimate of drug-likeness (QED) is 0.800. The Hall–Kier alpha value is -1.21. The van der Waals surface area contributed by atoms with Gasteiger partial charge in [-0.05, 0) is 25.7 Å². The van der Waals surface area contributed by atoms with Gasteiger partial charge in [0.25, 0.3) is 0 Å². The molecule has 74 valence electrons. The molecule has 4 heteroatoms. The van der Waals surface area contributed by atoms with Gasteiger partial charge in [0.1, 0.15) is 10.9 Å². The lowest BCUT2D eigenvalue weighted by Gasteiger charge is -2.03. The molecule has 0 atom stereocenters. The first-order valence-corrected chi connectivity index (χ1v) is 5.65. The summed E-state index contributed by atoms with van der Waals surface area (Å²) in [7, 11) is 0. The van der Waals surface area contributed by atoms with Gasteiger partial charge in [-0.15, -0.1) is 11.3 Å². The third-order valence-electron chi connectivity index (χ3n) is 2.41. The standard InChI is InChI=1S/C10H13N3S/c1-2-13-10-8(6-3-4-6)9(12)7(5-11)14-10/h6,13H,2-4,12H2,1H3. The van der Waals surface area contributed by atoms with Crippen molar-refractivity contribution in [1.29, 1.82) is 5.26 Å². The summed E-state index contributed by atoms with van der Waals surface area (Å²) in [6.45, 7) is 2.93. The van der Waals surface area contributed by atoms with Crippen LogP contribution in [0.5, 0.6) is 0 Å². The molecule has 0 spiro atoms. The van der Waals surface area contributed by atoms with Crippen LogP contribution in [0.3, 0.4) is 0 Å². The first-order chi connectivity index (χ1) is 6.77. The number of anilines is 2. The number of hydrogen-bond acceptors (Lipinski definition) is 4. The first kappa shape index (κ1) is 9.35. The second-order valence-electron chi connectivity index (χ2n) is 3.50. The van der Waals surface area contributed by atoms with Crippen molar-refractivity contribution in [3.63, 3.8) is 0 Å². The fourth-order valence-corrected chi connectivity index (χ4v) is 2.68. The summed E-state index contributed by atoms with van der Waals surface area (Å²) in [5.41, 5.74) is 7.83. The summed E-state index contributed by atoms with van der Waals surface area (Å²) in [6.07, 6.45) is 2.42. The highest BCUT2D eigenvalue weighted by atomic mass is 32.1. The topological polar surface area (TPSA) is 61.8 Å². The Morgan fingerprint density at radius 2 is 2.36 bits per heavy atom. The number of nitriles is 1. The van der Waals surface area contributed by atoms with Crippen LogP contribution in [0.25, 0.3) is 0 Å². The Labute approximate surface area is 87.5 Å². The van der Waals surface area contributed by atoms with E-state index in [1.54, 1.807) is 0 Å². The van der Waals surface area contributed by atoms with Gasteiger partial charge in [-0.25, -0.2) is 0 Å². The molecule has 0 aromatic carbocycles. The molecule has 1 aromatic heterocycles. The summed E-state index contributed by atoms with van der Waals surface area (Å²) in [5, 5.41) is 13.3. The number of nitrogens with one attached hydrogen (secondary N) is 1. The number of nitrogens with zero attached hydrogens (tertiary/aromatic N) is 1. The average Bonchev–Trinajstić information content (AvgIpc) is 2.94. The third kappa shape index (κ3) is 1.44. The molecule has 0 radical (unpaired) electrons. The van der Waals surface area contributed by atoms with Gasteiger partial charge in [0.15, 0.2) is 0 Å². The largest absolute Gasteiger partial charge is 0.397 e. The first-order valence-electron chi connectivity index (χ1n) is 4.84. The maximum atomic E-state index is 8.88. The lowest BCUT2D eigenvalue weighted by Crippen LogP contribution is -1.98. The fourth-order valence-electron chi connectivity index (χ4n) is 1.61. The molecule has 0 unspecified atom stereocenters. The van der Waals surface area contributed by atoms with Gasteiger partial charge < -0.3 is 11.1 Å². The normalized spacial score (nSPS) is 15.1. The summed E-state index contributed by atoms with van der Waals surface area (Å²) in [5.74, 6) is 0.599. The van der Waals surface area contributed by atoms with Gasteiger partial charge in [0.05, 0.1) is 10.7 Å². The van der Waals surface area contributed by atoms with Gasteiger partial charge >= 0.3 is 0 Å². The van der Waals surface area contributed by atoms with E-state index in [2.05, 4.69) is 18.3 Å². The van der Waals surface area contributed by atoms with Crippen molar-refractivity contribution in [1.82, 2.24) is 0 Å². The van der Waals surface area contributed by atoms with Crippen LogP contribution >= 0.6 is 11.3 Å². The van der Waals surface area contributed by atoms with E-state index >= 15 is 0 Å². The molecule has 1 aliphatic carbocycles. The van der Waals surface area contributed by atoms with Crippen LogP contribution in [0.15, 0.2) is 0 Å². The zero-order valence-electron chi connectivity index (χ0n) is 8.13. The Morgan fingerprint density at radius 3 is 2.86 bits per heavy atom. The molecule has 3 nitrogen and oxygen atoms in total. The molecule has 2 rings (SSSR count). The number of nitrogens with two attached hydrogens (primary N) is 1. The van der Waals surface area contributed by atoms with E-state index in [1.165, 1.54) is 29.7 Å². The second-order valence-corrected chi connectivity index (χ2v) is 4.52. The zero-order valence-corrected chi connectivity index (χ0v) is 8.95. The van der Waals surface area contributed by atoms with Crippen LogP contribution in [0.1, 0.15) is 36.1 Å². The summed E-state index contributed by atoms with van der Waals surface area (Å²) in [6, 6.07) is 2.15. The summed E-state index contributed by atoms with van der Waals surface area (Å²) in [4.78, 5) is 0.655. The highest BCUT2D eigenvalue weighted by molar-refractivity contribution is 7.17. The van der Waals surface area contributed by atoms with Crippen LogP contribution in [0.4, 0.5) is 10.7 Å². The van der Waals surface area contributed by atoms with Crippen molar-refractivity contribution in [2.45, 2.75) is 25.7 Å². The summed E-state index contributed by atoms with van der Waals surface area (Å²) >= 11 is 1.48. The van der Waals surface area contributed by atoms with Crippen molar-refractivity contribution in [2.24, 2.45) is 0 Å². The molecule has 1 aromatic rings. The number of hydrogen-bond donors (Lipinski definition) is 2. The molecule has 0 amide bonds. The molecule has 0 bridgehead atoms. The van der Waals surface area contributed by atoms with E-state index in [1.807, 2.05) is 0 Å². The molecular weight excluding hydrogens is 194 g/mol. The summed E-state index contributed by atoms with van der Waals surface area (Å²) < 4.78 is 0. The second kappa shape index (κ2) is 3.50. The van der Waals surface area contributed by atoms with Crippen LogP contribution < -0.4 is 11.1 Å². The molecule has 1 aliphatic rings. The third-order valence-corrected chi connectivity index (χ3v) is 3.49. The fraction of sp³-hybridized carbons (Fsp3) is 0.500. The van der Waals surface area contributed by atoms with Crippen molar-refractivity contribution in [3.8, 4) is 6.07 Å². The Bertz CT molecular complexity index is 385.